The lowest BCUT2D eigenvalue weighted by Crippen LogP contribution is -2.15. The number of anilines is 3. The Kier molecular flexibility index (Phi) is 4.52. The zero-order valence-corrected chi connectivity index (χ0v) is 14.1. The molecule has 1 amide bonds. The summed E-state index contributed by atoms with van der Waals surface area (Å²) in [6.07, 6.45) is 1.28. The standard InChI is InChI=1S/C19H15FN4O3/c20-12-2-1-3-13(8-12)24-19(25)15-10-18(22-11-21-15)23-14-4-5-16-17(9-14)27-7-6-26-16/h1-5,8-11H,6-7H2,(H,24,25)(H,21,22,23). The molecule has 136 valence electrons. The largest absolute Gasteiger partial charge is 0.486 e. The topological polar surface area (TPSA) is 85.4 Å². The summed E-state index contributed by atoms with van der Waals surface area (Å²) in [6, 6.07) is 12.6. The van der Waals surface area contributed by atoms with Crippen LogP contribution in [0.25, 0.3) is 0 Å². The van der Waals surface area contributed by atoms with Gasteiger partial charge in [-0.1, -0.05) is 6.07 Å². The fourth-order valence-electron chi connectivity index (χ4n) is 2.58. The van der Waals surface area contributed by atoms with Gasteiger partial charge in [0.25, 0.3) is 5.91 Å². The maximum absolute atomic E-state index is 13.2. The SMILES string of the molecule is O=C(Nc1cccc(F)c1)c1cc(Nc2ccc3c(c2)OCCO3)ncn1. The predicted octanol–water partition coefficient (Wildman–Crippen LogP) is 3.38. The highest BCUT2D eigenvalue weighted by Gasteiger charge is 2.13. The van der Waals surface area contributed by atoms with Gasteiger partial charge in [0.15, 0.2) is 11.5 Å². The Morgan fingerprint density at radius 1 is 0.963 bits per heavy atom. The number of fused-ring (bicyclic) bond motifs is 1. The summed E-state index contributed by atoms with van der Waals surface area (Å²) in [4.78, 5) is 20.4. The first-order chi connectivity index (χ1) is 13.2. The lowest BCUT2D eigenvalue weighted by molar-refractivity contribution is 0.102. The lowest BCUT2D eigenvalue weighted by atomic mass is 10.2. The molecule has 0 spiro atoms. The number of ether oxygens (including phenoxy) is 2. The fourth-order valence-corrected chi connectivity index (χ4v) is 2.58. The van der Waals surface area contributed by atoms with Gasteiger partial charge in [-0.05, 0) is 30.3 Å². The monoisotopic (exact) mass is 366 g/mol. The Bertz CT molecular complexity index is 996. The zero-order valence-electron chi connectivity index (χ0n) is 14.1. The molecule has 27 heavy (non-hydrogen) atoms. The quantitative estimate of drug-likeness (QED) is 0.736. The highest BCUT2D eigenvalue weighted by molar-refractivity contribution is 6.03. The molecule has 4 rings (SSSR count). The van der Waals surface area contributed by atoms with Crippen LogP contribution in [0.5, 0.6) is 11.5 Å². The van der Waals surface area contributed by atoms with Gasteiger partial charge in [-0.25, -0.2) is 14.4 Å². The van der Waals surface area contributed by atoms with Crippen LogP contribution in [-0.4, -0.2) is 29.1 Å². The van der Waals surface area contributed by atoms with Crippen molar-refractivity contribution in [3.05, 3.63) is 66.4 Å². The molecule has 2 heterocycles. The van der Waals surface area contributed by atoms with Gasteiger partial charge in [0, 0.05) is 23.5 Å². The Morgan fingerprint density at radius 2 is 1.81 bits per heavy atom. The van der Waals surface area contributed by atoms with E-state index in [1.807, 2.05) is 6.07 Å². The number of carbonyl (C=O) groups excluding carboxylic acids is 1. The van der Waals surface area contributed by atoms with E-state index < -0.39 is 11.7 Å². The molecule has 2 N–H and O–H groups in total. The number of nitrogens with zero attached hydrogens (tertiary/aromatic N) is 2. The van der Waals surface area contributed by atoms with Gasteiger partial charge in [-0.15, -0.1) is 0 Å². The normalized spacial score (nSPS) is 12.3. The lowest BCUT2D eigenvalue weighted by Gasteiger charge is -2.19. The molecule has 0 aliphatic carbocycles. The summed E-state index contributed by atoms with van der Waals surface area (Å²) in [5.74, 6) is 0.866. The Balaban J connectivity index is 1.49. The van der Waals surface area contributed by atoms with E-state index in [4.69, 9.17) is 9.47 Å². The second-order valence-corrected chi connectivity index (χ2v) is 5.74. The van der Waals surface area contributed by atoms with Gasteiger partial charge in [0.1, 0.15) is 36.9 Å². The van der Waals surface area contributed by atoms with Gasteiger partial charge in [-0.3, -0.25) is 4.79 Å². The summed E-state index contributed by atoms with van der Waals surface area (Å²) in [5, 5.41) is 5.69. The van der Waals surface area contributed by atoms with Crippen molar-refractivity contribution in [1.29, 1.82) is 0 Å². The van der Waals surface area contributed by atoms with Crippen LogP contribution in [0, 0.1) is 5.82 Å². The number of halogens is 1. The van der Waals surface area contributed by atoms with Crippen LogP contribution in [0.2, 0.25) is 0 Å². The highest BCUT2D eigenvalue weighted by atomic mass is 19.1. The molecule has 0 unspecified atom stereocenters. The first-order valence-corrected chi connectivity index (χ1v) is 8.23. The van der Waals surface area contributed by atoms with E-state index in [0.717, 1.165) is 5.69 Å². The summed E-state index contributed by atoms with van der Waals surface area (Å²) in [5.41, 5.74) is 1.23. The maximum Gasteiger partial charge on any atom is 0.274 e. The molecule has 7 nitrogen and oxygen atoms in total. The minimum atomic E-state index is -0.465. The van der Waals surface area contributed by atoms with Gasteiger partial charge >= 0.3 is 0 Å². The predicted molar refractivity (Wildman–Crippen MR) is 97.1 cm³/mol. The van der Waals surface area contributed by atoms with Crippen LogP contribution in [0.4, 0.5) is 21.6 Å². The molecule has 8 heteroatoms. The molecule has 0 bridgehead atoms. The molecule has 0 saturated heterocycles. The number of amides is 1. The average molecular weight is 366 g/mol. The highest BCUT2D eigenvalue weighted by Crippen LogP contribution is 2.33. The molecule has 0 saturated carbocycles. The smallest absolute Gasteiger partial charge is 0.274 e. The van der Waals surface area contributed by atoms with Crippen LogP contribution in [0.15, 0.2) is 54.9 Å². The van der Waals surface area contributed by atoms with Crippen molar-refractivity contribution in [2.75, 3.05) is 23.8 Å². The summed E-state index contributed by atoms with van der Waals surface area (Å²) in [6.45, 7) is 1.02. The van der Waals surface area contributed by atoms with Crippen molar-refractivity contribution in [3.8, 4) is 11.5 Å². The van der Waals surface area contributed by atoms with Crippen LogP contribution < -0.4 is 20.1 Å². The van der Waals surface area contributed by atoms with Gasteiger partial charge < -0.3 is 20.1 Å². The van der Waals surface area contributed by atoms with Crippen molar-refractivity contribution in [3.63, 3.8) is 0 Å². The molecule has 2 aromatic carbocycles. The number of carbonyl (C=O) groups is 1. The second-order valence-electron chi connectivity index (χ2n) is 5.74. The van der Waals surface area contributed by atoms with E-state index in [0.29, 0.717) is 36.2 Å². The minimum Gasteiger partial charge on any atom is -0.486 e. The molecular formula is C19H15FN4O3. The number of hydrogen-bond acceptors (Lipinski definition) is 6. The van der Waals surface area contributed by atoms with E-state index >= 15 is 0 Å². The third-order valence-corrected chi connectivity index (χ3v) is 3.80. The third-order valence-electron chi connectivity index (χ3n) is 3.80. The molecule has 1 aliphatic rings. The Hall–Kier alpha value is -3.68. The van der Waals surface area contributed by atoms with Crippen molar-refractivity contribution < 1.29 is 18.7 Å². The summed E-state index contributed by atoms with van der Waals surface area (Å²) < 4.78 is 24.3. The van der Waals surface area contributed by atoms with Crippen molar-refractivity contribution in [2.24, 2.45) is 0 Å². The van der Waals surface area contributed by atoms with E-state index in [-0.39, 0.29) is 5.69 Å². The van der Waals surface area contributed by atoms with Gasteiger partial charge in [0.05, 0.1) is 0 Å². The van der Waals surface area contributed by atoms with Crippen LogP contribution in [-0.2, 0) is 0 Å². The number of hydrogen-bond donors (Lipinski definition) is 2. The number of aromatic nitrogens is 2. The molecular weight excluding hydrogens is 351 g/mol. The van der Waals surface area contributed by atoms with E-state index in [9.17, 15) is 9.18 Å². The van der Waals surface area contributed by atoms with Crippen molar-refractivity contribution >= 4 is 23.1 Å². The first-order valence-electron chi connectivity index (χ1n) is 8.23. The van der Waals surface area contributed by atoms with Crippen LogP contribution in [0.1, 0.15) is 10.5 Å². The second kappa shape index (κ2) is 7.28. The van der Waals surface area contributed by atoms with E-state index in [1.54, 1.807) is 18.2 Å². The third kappa shape index (κ3) is 3.95. The summed E-state index contributed by atoms with van der Waals surface area (Å²) in [7, 11) is 0. The number of rotatable bonds is 4. The molecule has 1 aliphatic heterocycles. The molecule has 0 radical (unpaired) electrons. The Morgan fingerprint density at radius 3 is 2.67 bits per heavy atom. The maximum atomic E-state index is 13.2. The van der Waals surface area contributed by atoms with Crippen molar-refractivity contribution in [1.82, 2.24) is 9.97 Å². The van der Waals surface area contributed by atoms with Gasteiger partial charge in [-0.2, -0.15) is 0 Å². The Labute approximate surface area is 154 Å². The number of nitrogens with one attached hydrogen (secondary N) is 2. The fraction of sp³-hybridized carbons (Fsp3) is 0.105. The van der Waals surface area contributed by atoms with Crippen molar-refractivity contribution in [2.45, 2.75) is 0 Å². The average Bonchev–Trinajstić information content (AvgIpc) is 2.68. The number of benzene rings is 2. The molecule has 3 aromatic rings. The molecule has 0 fully saturated rings. The molecule has 0 atom stereocenters. The van der Waals surface area contributed by atoms with Gasteiger partial charge in [0.2, 0.25) is 0 Å². The van der Waals surface area contributed by atoms with Crippen LogP contribution in [0.3, 0.4) is 0 Å². The minimum absolute atomic E-state index is 0.148. The van der Waals surface area contributed by atoms with E-state index in [1.165, 1.54) is 30.6 Å². The van der Waals surface area contributed by atoms with Crippen LogP contribution >= 0.6 is 0 Å². The van der Waals surface area contributed by atoms with E-state index in [2.05, 4.69) is 20.6 Å². The zero-order chi connectivity index (χ0) is 18.6. The first kappa shape index (κ1) is 16.8. The summed E-state index contributed by atoms with van der Waals surface area (Å²) >= 11 is 0. The molecule has 1 aromatic heterocycles.